The monoisotopic (exact) mass is 264 g/mol. The molecule has 15 heavy (non-hydrogen) atoms. The van der Waals surface area contributed by atoms with Gasteiger partial charge in [0, 0.05) is 16.8 Å². The Kier molecular flexibility index (Phi) is 4.67. The molecule has 3 N–H and O–H groups in total. The molecule has 0 saturated carbocycles. The van der Waals surface area contributed by atoms with Crippen molar-refractivity contribution in [2.24, 2.45) is 15.5 Å². The molecular formula is C7H6Cl2N4OS. The molecule has 0 aliphatic carbocycles. The van der Waals surface area contributed by atoms with E-state index in [0.717, 1.165) is 16.8 Å². The minimum atomic E-state index is -0.770. The number of primary amides is 1. The van der Waals surface area contributed by atoms with Crippen LogP contribution in [-0.2, 0) is 0 Å². The zero-order chi connectivity index (χ0) is 11.3. The maximum Gasteiger partial charge on any atom is 0.333 e. The summed E-state index contributed by atoms with van der Waals surface area (Å²) in [5.41, 5.74) is 6.72. The minimum Gasteiger partial charge on any atom is -0.350 e. The van der Waals surface area contributed by atoms with Crippen LogP contribution in [0.2, 0.25) is 10.0 Å². The van der Waals surface area contributed by atoms with Gasteiger partial charge in [-0.15, -0.1) is 0 Å². The Morgan fingerprint density at radius 1 is 1.40 bits per heavy atom. The molecule has 0 fully saturated rings. The van der Waals surface area contributed by atoms with Crippen LogP contribution in [0.3, 0.4) is 0 Å². The lowest BCUT2D eigenvalue weighted by Crippen LogP contribution is -2.23. The molecule has 0 saturated heterocycles. The number of nitrogens with two attached hydrogens (primary N) is 1. The van der Waals surface area contributed by atoms with Crippen LogP contribution in [0.5, 0.6) is 0 Å². The smallest absolute Gasteiger partial charge is 0.333 e. The summed E-state index contributed by atoms with van der Waals surface area (Å²) < 4.78 is 3.58. The van der Waals surface area contributed by atoms with Crippen molar-refractivity contribution in [3.05, 3.63) is 28.2 Å². The van der Waals surface area contributed by atoms with Crippen LogP contribution >= 0.6 is 35.1 Å². The molecule has 5 nitrogen and oxygen atoms in total. The first-order valence-corrected chi connectivity index (χ1v) is 5.20. The predicted octanol–water partition coefficient (Wildman–Crippen LogP) is 3.04. The van der Waals surface area contributed by atoms with Crippen molar-refractivity contribution in [3.63, 3.8) is 0 Å². The van der Waals surface area contributed by atoms with Crippen LogP contribution < -0.4 is 11.2 Å². The van der Waals surface area contributed by atoms with Crippen LogP contribution in [0, 0.1) is 0 Å². The molecular weight excluding hydrogens is 259 g/mol. The first kappa shape index (κ1) is 12.1. The summed E-state index contributed by atoms with van der Waals surface area (Å²) in [6, 6.07) is 4.23. The van der Waals surface area contributed by atoms with Gasteiger partial charge < -0.3 is 5.73 Å². The van der Waals surface area contributed by atoms with E-state index in [4.69, 9.17) is 28.9 Å². The van der Waals surface area contributed by atoms with E-state index in [1.54, 1.807) is 18.2 Å². The number of benzene rings is 1. The number of nitrogens with zero attached hydrogens (tertiary/aromatic N) is 2. The summed E-state index contributed by atoms with van der Waals surface area (Å²) in [7, 11) is 0. The largest absolute Gasteiger partial charge is 0.350 e. The van der Waals surface area contributed by atoms with E-state index in [0.29, 0.717) is 10.0 Å². The lowest BCUT2D eigenvalue weighted by atomic mass is 10.4. The second-order valence-electron chi connectivity index (χ2n) is 2.32. The Morgan fingerprint density at radius 2 is 2.13 bits per heavy atom. The average Bonchev–Trinajstić information content (AvgIpc) is 2.18. The maximum atomic E-state index is 10.2. The Bertz CT molecular complexity index is 399. The molecule has 80 valence electrons. The molecule has 1 aromatic rings. The van der Waals surface area contributed by atoms with Gasteiger partial charge in [-0.1, -0.05) is 32.9 Å². The highest BCUT2D eigenvalue weighted by Crippen LogP contribution is 2.28. The van der Waals surface area contributed by atoms with Gasteiger partial charge in [0.25, 0.3) is 0 Å². The third-order valence-corrected chi connectivity index (χ3v) is 2.61. The average molecular weight is 265 g/mol. The maximum absolute atomic E-state index is 10.2. The molecule has 0 spiro atoms. The standard InChI is InChI=1S/C7H6Cl2N4OS/c8-5-2-1-4(3-6(5)9)15-13-12-11-7(10)14/h1-3H,(H3,10,11,13,14). The first-order chi connectivity index (χ1) is 7.09. The summed E-state index contributed by atoms with van der Waals surface area (Å²) >= 11 is 12.5. The molecule has 0 radical (unpaired) electrons. The number of urea groups is 1. The Hall–Kier alpha value is -0.980. The van der Waals surface area contributed by atoms with Crippen molar-refractivity contribution in [1.82, 2.24) is 5.43 Å². The zero-order valence-corrected chi connectivity index (χ0v) is 9.60. The Balaban J connectivity index is 2.54. The third kappa shape index (κ3) is 4.37. The Morgan fingerprint density at radius 3 is 2.73 bits per heavy atom. The molecule has 0 aromatic heterocycles. The van der Waals surface area contributed by atoms with Crippen molar-refractivity contribution in [3.8, 4) is 0 Å². The van der Waals surface area contributed by atoms with E-state index in [9.17, 15) is 4.79 Å². The van der Waals surface area contributed by atoms with Crippen LogP contribution in [0.4, 0.5) is 4.79 Å². The highest BCUT2D eigenvalue weighted by molar-refractivity contribution is 7.97. The van der Waals surface area contributed by atoms with Gasteiger partial charge in [-0.05, 0) is 18.2 Å². The van der Waals surface area contributed by atoms with Crippen molar-refractivity contribution in [1.29, 1.82) is 0 Å². The molecule has 0 heterocycles. The van der Waals surface area contributed by atoms with Gasteiger partial charge >= 0.3 is 6.03 Å². The van der Waals surface area contributed by atoms with Crippen LogP contribution in [-0.4, -0.2) is 6.03 Å². The fourth-order valence-electron chi connectivity index (χ4n) is 0.671. The predicted molar refractivity (Wildman–Crippen MR) is 59.9 cm³/mol. The molecule has 0 unspecified atom stereocenters. The van der Waals surface area contributed by atoms with E-state index in [1.807, 2.05) is 5.43 Å². The lowest BCUT2D eigenvalue weighted by Gasteiger charge is -1.97. The number of halogens is 2. The molecule has 1 aromatic carbocycles. The lowest BCUT2D eigenvalue weighted by molar-refractivity contribution is 0.249. The summed E-state index contributed by atoms with van der Waals surface area (Å²) in [5.74, 6) is 0. The van der Waals surface area contributed by atoms with Crippen LogP contribution in [0.25, 0.3) is 0 Å². The van der Waals surface area contributed by atoms with Crippen molar-refractivity contribution in [2.45, 2.75) is 4.90 Å². The molecule has 0 aliphatic rings. The van der Waals surface area contributed by atoms with E-state index in [2.05, 4.69) is 9.74 Å². The van der Waals surface area contributed by atoms with Gasteiger partial charge in [0.05, 0.1) is 10.0 Å². The third-order valence-electron chi connectivity index (χ3n) is 1.24. The van der Waals surface area contributed by atoms with Gasteiger partial charge in [-0.3, -0.25) is 0 Å². The topological polar surface area (TPSA) is 79.8 Å². The van der Waals surface area contributed by atoms with Crippen LogP contribution in [0.1, 0.15) is 0 Å². The minimum absolute atomic E-state index is 0.430. The molecule has 0 bridgehead atoms. The summed E-state index contributed by atoms with van der Waals surface area (Å²) in [5, 5.41) is 4.20. The highest BCUT2D eigenvalue weighted by atomic mass is 35.5. The van der Waals surface area contributed by atoms with E-state index in [-0.39, 0.29) is 0 Å². The zero-order valence-electron chi connectivity index (χ0n) is 7.28. The fraction of sp³-hybridized carbons (Fsp3) is 0. The van der Waals surface area contributed by atoms with E-state index < -0.39 is 6.03 Å². The quantitative estimate of drug-likeness (QED) is 0.500. The number of amides is 2. The van der Waals surface area contributed by atoms with E-state index >= 15 is 0 Å². The summed E-state index contributed by atoms with van der Waals surface area (Å²) in [4.78, 5) is 11.0. The number of nitrogens with one attached hydrogen (secondary N) is 1. The van der Waals surface area contributed by atoms with Crippen molar-refractivity contribution >= 4 is 41.2 Å². The molecule has 0 atom stereocenters. The van der Waals surface area contributed by atoms with Crippen LogP contribution in [0.15, 0.2) is 32.8 Å². The number of carbonyl (C=O) groups excluding carboxylic acids is 1. The molecule has 0 aliphatic heterocycles. The fourth-order valence-corrected chi connectivity index (χ4v) is 1.51. The van der Waals surface area contributed by atoms with E-state index in [1.165, 1.54) is 0 Å². The second kappa shape index (κ2) is 5.79. The number of carbonyl (C=O) groups is 1. The second-order valence-corrected chi connectivity index (χ2v) is 3.96. The van der Waals surface area contributed by atoms with Crippen molar-refractivity contribution < 1.29 is 4.79 Å². The van der Waals surface area contributed by atoms with Gasteiger partial charge in [0.2, 0.25) is 0 Å². The summed E-state index contributed by atoms with van der Waals surface area (Å²) in [6.45, 7) is 0. The molecule has 1 rings (SSSR count). The van der Waals surface area contributed by atoms with Crippen molar-refractivity contribution in [2.75, 3.05) is 0 Å². The van der Waals surface area contributed by atoms with Gasteiger partial charge in [0.15, 0.2) is 0 Å². The molecule has 2 amide bonds. The number of hydrogen-bond donors (Lipinski definition) is 2. The van der Waals surface area contributed by atoms with Gasteiger partial charge in [-0.2, -0.15) is 0 Å². The number of hydrogen-bond acceptors (Lipinski definition) is 4. The molecule has 8 heteroatoms. The SMILES string of the molecule is NC(=O)N/N=N/Sc1ccc(Cl)c(Cl)c1. The number of rotatable bonds is 3. The normalized spacial score (nSPS) is 10.5. The highest BCUT2D eigenvalue weighted by Gasteiger charge is 1.99. The van der Waals surface area contributed by atoms with Gasteiger partial charge in [-0.25, -0.2) is 10.2 Å². The van der Waals surface area contributed by atoms with Gasteiger partial charge in [0.1, 0.15) is 0 Å². The summed E-state index contributed by atoms with van der Waals surface area (Å²) in [6.07, 6.45) is 0. The first-order valence-electron chi connectivity index (χ1n) is 3.67. The Labute approximate surface area is 100 Å².